The van der Waals surface area contributed by atoms with Gasteiger partial charge in [0, 0.05) is 12.6 Å². The number of hydrogen-bond acceptors (Lipinski definition) is 2. The highest BCUT2D eigenvalue weighted by molar-refractivity contribution is 4.79. The summed E-state index contributed by atoms with van der Waals surface area (Å²) in [6.45, 7) is 4.32. The fourth-order valence-corrected chi connectivity index (χ4v) is 2.97. The van der Waals surface area contributed by atoms with Crippen LogP contribution in [0.1, 0.15) is 51.9 Å². The van der Waals surface area contributed by atoms with Crippen LogP contribution in [0.2, 0.25) is 0 Å². The molecule has 0 amide bonds. The van der Waals surface area contributed by atoms with Gasteiger partial charge in [-0.3, -0.25) is 0 Å². The standard InChI is InChI=1S/C13H25NO/c1-11-5-4-8-13(11)14-9-10-15-12-6-2-3-7-12/h11-14H,2-10H2,1H3. The minimum atomic E-state index is 0.577. The van der Waals surface area contributed by atoms with Crippen molar-refractivity contribution < 1.29 is 4.74 Å². The first-order valence-corrected chi connectivity index (χ1v) is 6.71. The second-order valence-electron chi connectivity index (χ2n) is 5.25. The van der Waals surface area contributed by atoms with Gasteiger partial charge in [-0.1, -0.05) is 26.2 Å². The molecule has 0 radical (unpaired) electrons. The largest absolute Gasteiger partial charge is 0.377 e. The van der Waals surface area contributed by atoms with Gasteiger partial charge in [-0.15, -0.1) is 0 Å². The van der Waals surface area contributed by atoms with E-state index < -0.39 is 0 Å². The number of rotatable bonds is 5. The summed E-state index contributed by atoms with van der Waals surface area (Å²) in [5.74, 6) is 0.872. The summed E-state index contributed by atoms with van der Waals surface area (Å²) in [7, 11) is 0. The van der Waals surface area contributed by atoms with Crippen LogP contribution in [-0.4, -0.2) is 25.3 Å². The topological polar surface area (TPSA) is 21.3 Å². The van der Waals surface area contributed by atoms with E-state index in [1.165, 1.54) is 44.9 Å². The van der Waals surface area contributed by atoms with Crippen LogP contribution in [0.3, 0.4) is 0 Å². The second kappa shape index (κ2) is 5.86. The molecule has 0 aromatic rings. The van der Waals surface area contributed by atoms with Gasteiger partial charge in [0.15, 0.2) is 0 Å². The van der Waals surface area contributed by atoms with Gasteiger partial charge in [-0.25, -0.2) is 0 Å². The molecule has 0 aromatic carbocycles. The first-order chi connectivity index (χ1) is 7.36. The summed E-state index contributed by atoms with van der Waals surface area (Å²) in [5, 5.41) is 3.63. The molecule has 2 rings (SSSR count). The Balaban J connectivity index is 1.51. The monoisotopic (exact) mass is 211 g/mol. The summed E-state index contributed by atoms with van der Waals surface area (Å²) in [5.41, 5.74) is 0. The summed E-state index contributed by atoms with van der Waals surface area (Å²) in [6.07, 6.45) is 10.1. The van der Waals surface area contributed by atoms with Crippen molar-refractivity contribution in [1.29, 1.82) is 0 Å². The van der Waals surface area contributed by atoms with Crippen LogP contribution in [0.15, 0.2) is 0 Å². The smallest absolute Gasteiger partial charge is 0.0594 e. The third-order valence-electron chi connectivity index (χ3n) is 4.03. The number of nitrogens with one attached hydrogen (secondary N) is 1. The Morgan fingerprint density at radius 1 is 1.07 bits per heavy atom. The van der Waals surface area contributed by atoms with E-state index in [9.17, 15) is 0 Å². The van der Waals surface area contributed by atoms with E-state index in [0.717, 1.165) is 25.1 Å². The van der Waals surface area contributed by atoms with Gasteiger partial charge >= 0.3 is 0 Å². The van der Waals surface area contributed by atoms with Crippen molar-refractivity contribution in [2.45, 2.75) is 64.0 Å². The Bertz CT molecular complexity index is 177. The Hall–Kier alpha value is -0.0800. The van der Waals surface area contributed by atoms with Crippen LogP contribution in [0.25, 0.3) is 0 Å². The van der Waals surface area contributed by atoms with Crippen LogP contribution >= 0.6 is 0 Å². The molecule has 0 aromatic heterocycles. The molecule has 2 atom stereocenters. The van der Waals surface area contributed by atoms with Gasteiger partial charge in [-0.05, 0) is 31.6 Å². The third kappa shape index (κ3) is 3.46. The molecule has 2 aliphatic rings. The van der Waals surface area contributed by atoms with E-state index in [4.69, 9.17) is 4.74 Å². The highest BCUT2D eigenvalue weighted by Gasteiger charge is 2.22. The minimum absolute atomic E-state index is 0.577. The predicted octanol–water partition coefficient (Wildman–Crippen LogP) is 2.72. The highest BCUT2D eigenvalue weighted by atomic mass is 16.5. The molecule has 2 heteroatoms. The van der Waals surface area contributed by atoms with Crippen molar-refractivity contribution >= 4 is 0 Å². The maximum Gasteiger partial charge on any atom is 0.0594 e. The third-order valence-corrected chi connectivity index (χ3v) is 4.03. The Morgan fingerprint density at radius 3 is 2.53 bits per heavy atom. The lowest BCUT2D eigenvalue weighted by Gasteiger charge is -2.18. The van der Waals surface area contributed by atoms with E-state index in [0.29, 0.717) is 6.10 Å². The van der Waals surface area contributed by atoms with Crippen molar-refractivity contribution in [3.8, 4) is 0 Å². The Kier molecular flexibility index (Phi) is 4.45. The number of hydrogen-bond donors (Lipinski definition) is 1. The maximum atomic E-state index is 5.84. The summed E-state index contributed by atoms with van der Waals surface area (Å²) in [4.78, 5) is 0. The van der Waals surface area contributed by atoms with Gasteiger partial charge in [0.2, 0.25) is 0 Å². The molecule has 2 fully saturated rings. The van der Waals surface area contributed by atoms with E-state index in [1.807, 2.05) is 0 Å². The molecule has 0 heterocycles. The average Bonchev–Trinajstić information content (AvgIpc) is 2.85. The average molecular weight is 211 g/mol. The van der Waals surface area contributed by atoms with Crippen LogP contribution in [0.5, 0.6) is 0 Å². The van der Waals surface area contributed by atoms with Gasteiger partial charge in [-0.2, -0.15) is 0 Å². The number of ether oxygens (including phenoxy) is 1. The van der Waals surface area contributed by atoms with Crippen molar-refractivity contribution in [3.63, 3.8) is 0 Å². The lowest BCUT2D eigenvalue weighted by atomic mass is 10.1. The van der Waals surface area contributed by atoms with Crippen LogP contribution in [-0.2, 0) is 4.74 Å². The van der Waals surface area contributed by atoms with Crippen molar-refractivity contribution in [1.82, 2.24) is 5.32 Å². The first-order valence-electron chi connectivity index (χ1n) is 6.71. The lowest BCUT2D eigenvalue weighted by molar-refractivity contribution is 0.0586. The summed E-state index contributed by atoms with van der Waals surface area (Å²) < 4.78 is 5.84. The quantitative estimate of drug-likeness (QED) is 0.706. The maximum absolute atomic E-state index is 5.84. The zero-order valence-electron chi connectivity index (χ0n) is 10.0. The molecule has 0 aliphatic heterocycles. The van der Waals surface area contributed by atoms with Crippen molar-refractivity contribution in [2.75, 3.05) is 13.2 Å². The molecule has 15 heavy (non-hydrogen) atoms. The van der Waals surface area contributed by atoms with Crippen molar-refractivity contribution in [2.24, 2.45) is 5.92 Å². The normalized spacial score (nSPS) is 32.6. The molecule has 0 bridgehead atoms. The molecule has 0 saturated heterocycles. The molecular weight excluding hydrogens is 186 g/mol. The molecule has 2 nitrogen and oxygen atoms in total. The molecule has 1 N–H and O–H groups in total. The minimum Gasteiger partial charge on any atom is -0.377 e. The first kappa shape index (κ1) is 11.4. The van der Waals surface area contributed by atoms with Gasteiger partial charge < -0.3 is 10.1 Å². The van der Waals surface area contributed by atoms with E-state index in [-0.39, 0.29) is 0 Å². The highest BCUT2D eigenvalue weighted by Crippen LogP contribution is 2.24. The molecule has 2 saturated carbocycles. The van der Waals surface area contributed by atoms with Crippen molar-refractivity contribution in [3.05, 3.63) is 0 Å². The Morgan fingerprint density at radius 2 is 1.87 bits per heavy atom. The predicted molar refractivity (Wildman–Crippen MR) is 63.0 cm³/mol. The fourth-order valence-electron chi connectivity index (χ4n) is 2.97. The SMILES string of the molecule is CC1CCCC1NCCOC1CCCC1. The molecule has 2 aliphatic carbocycles. The molecule has 88 valence electrons. The molecular formula is C13H25NO. The van der Waals surface area contributed by atoms with Gasteiger partial charge in [0.05, 0.1) is 12.7 Å². The lowest BCUT2D eigenvalue weighted by Crippen LogP contribution is -2.34. The summed E-state index contributed by atoms with van der Waals surface area (Å²) in [6, 6.07) is 0.761. The van der Waals surface area contributed by atoms with Gasteiger partial charge in [0.25, 0.3) is 0 Å². The second-order valence-corrected chi connectivity index (χ2v) is 5.25. The zero-order chi connectivity index (χ0) is 10.5. The van der Waals surface area contributed by atoms with Crippen LogP contribution in [0, 0.1) is 5.92 Å². The summed E-state index contributed by atoms with van der Waals surface area (Å²) >= 11 is 0. The van der Waals surface area contributed by atoms with E-state index in [1.54, 1.807) is 0 Å². The Labute approximate surface area is 93.8 Å². The van der Waals surface area contributed by atoms with Gasteiger partial charge in [0.1, 0.15) is 0 Å². The fraction of sp³-hybridized carbons (Fsp3) is 1.00. The molecule has 2 unspecified atom stereocenters. The van der Waals surface area contributed by atoms with Crippen LogP contribution in [0.4, 0.5) is 0 Å². The molecule has 0 spiro atoms. The van der Waals surface area contributed by atoms with E-state index in [2.05, 4.69) is 12.2 Å². The zero-order valence-corrected chi connectivity index (χ0v) is 10.0. The van der Waals surface area contributed by atoms with E-state index >= 15 is 0 Å². The van der Waals surface area contributed by atoms with Crippen LogP contribution < -0.4 is 5.32 Å².